The number of aromatic nitrogens is 2. The summed E-state index contributed by atoms with van der Waals surface area (Å²) in [7, 11) is 0. The van der Waals surface area contributed by atoms with Crippen LogP contribution in [0.5, 0.6) is 0 Å². The van der Waals surface area contributed by atoms with E-state index in [9.17, 15) is 5.11 Å². The van der Waals surface area contributed by atoms with E-state index in [0.717, 1.165) is 0 Å². The Balaban J connectivity index is 2.22. The average Bonchev–Trinajstić information content (AvgIpc) is 2.59. The van der Waals surface area contributed by atoms with Crippen LogP contribution in [0.2, 0.25) is 0 Å². The van der Waals surface area contributed by atoms with Crippen molar-refractivity contribution in [3.05, 3.63) is 18.0 Å². The van der Waals surface area contributed by atoms with E-state index in [1.807, 2.05) is 4.90 Å². The van der Waals surface area contributed by atoms with E-state index in [0.29, 0.717) is 31.2 Å². The standard InChI is InChI=1S/C10H15N5O/c1-10(16)3-5-15(6-10)9-13-4-2-7(14-9)8(11)12/h2,4,16H,3,5-6H2,1H3,(H3,11,12). The van der Waals surface area contributed by atoms with Crippen molar-refractivity contribution < 1.29 is 5.11 Å². The van der Waals surface area contributed by atoms with Gasteiger partial charge in [0.1, 0.15) is 11.5 Å². The van der Waals surface area contributed by atoms with Gasteiger partial charge in [0.05, 0.1) is 5.60 Å². The minimum Gasteiger partial charge on any atom is -0.388 e. The molecule has 1 saturated heterocycles. The number of β-amino-alcohol motifs (C(OH)–C–C–N with tert-alkyl or cyclic N) is 1. The van der Waals surface area contributed by atoms with Crippen molar-refractivity contribution in [2.24, 2.45) is 5.73 Å². The van der Waals surface area contributed by atoms with Gasteiger partial charge in [-0.2, -0.15) is 0 Å². The Morgan fingerprint density at radius 2 is 2.44 bits per heavy atom. The molecule has 0 bridgehead atoms. The highest BCUT2D eigenvalue weighted by Gasteiger charge is 2.32. The highest BCUT2D eigenvalue weighted by Crippen LogP contribution is 2.23. The van der Waals surface area contributed by atoms with Crippen molar-refractivity contribution in [3.63, 3.8) is 0 Å². The number of nitrogen functional groups attached to an aromatic ring is 1. The van der Waals surface area contributed by atoms with E-state index in [-0.39, 0.29) is 5.84 Å². The lowest BCUT2D eigenvalue weighted by Gasteiger charge is -2.18. The van der Waals surface area contributed by atoms with Crippen molar-refractivity contribution in [1.82, 2.24) is 9.97 Å². The Morgan fingerprint density at radius 3 is 3.00 bits per heavy atom. The number of nitrogens with zero attached hydrogens (tertiary/aromatic N) is 3. The van der Waals surface area contributed by atoms with Crippen molar-refractivity contribution in [2.45, 2.75) is 18.9 Å². The smallest absolute Gasteiger partial charge is 0.226 e. The van der Waals surface area contributed by atoms with Crippen LogP contribution in [0.4, 0.5) is 5.95 Å². The maximum Gasteiger partial charge on any atom is 0.226 e. The van der Waals surface area contributed by atoms with Crippen molar-refractivity contribution >= 4 is 11.8 Å². The molecule has 16 heavy (non-hydrogen) atoms. The largest absolute Gasteiger partial charge is 0.388 e. The van der Waals surface area contributed by atoms with Crippen LogP contribution >= 0.6 is 0 Å². The predicted octanol–water partition coefficient (Wildman–Crippen LogP) is -0.278. The number of hydrogen-bond donors (Lipinski definition) is 3. The molecule has 1 unspecified atom stereocenters. The van der Waals surface area contributed by atoms with Crippen molar-refractivity contribution in [1.29, 1.82) is 5.41 Å². The van der Waals surface area contributed by atoms with Gasteiger partial charge in [0.25, 0.3) is 0 Å². The second kappa shape index (κ2) is 3.71. The quantitative estimate of drug-likeness (QED) is 0.471. The molecule has 0 aliphatic carbocycles. The number of amidine groups is 1. The molecule has 0 spiro atoms. The molecule has 0 aromatic carbocycles. The summed E-state index contributed by atoms with van der Waals surface area (Å²) < 4.78 is 0. The highest BCUT2D eigenvalue weighted by molar-refractivity contribution is 5.93. The molecule has 1 aromatic rings. The van der Waals surface area contributed by atoms with Gasteiger partial charge in [-0.25, -0.2) is 9.97 Å². The number of aliphatic hydroxyl groups is 1. The topological polar surface area (TPSA) is 99.1 Å². The maximum atomic E-state index is 9.84. The second-order valence-corrected chi connectivity index (χ2v) is 4.32. The summed E-state index contributed by atoms with van der Waals surface area (Å²) in [5.41, 5.74) is 5.09. The van der Waals surface area contributed by atoms with Crippen LogP contribution < -0.4 is 10.6 Å². The van der Waals surface area contributed by atoms with Gasteiger partial charge in [-0.15, -0.1) is 0 Å². The summed E-state index contributed by atoms with van der Waals surface area (Å²) in [6.45, 7) is 3.02. The van der Waals surface area contributed by atoms with Crippen LogP contribution in [0.1, 0.15) is 19.0 Å². The Bertz CT molecular complexity index is 417. The summed E-state index contributed by atoms with van der Waals surface area (Å²) in [4.78, 5) is 10.2. The van der Waals surface area contributed by atoms with E-state index in [1.54, 1.807) is 19.2 Å². The van der Waals surface area contributed by atoms with Gasteiger partial charge in [0, 0.05) is 19.3 Å². The summed E-state index contributed by atoms with van der Waals surface area (Å²) in [6.07, 6.45) is 2.27. The van der Waals surface area contributed by atoms with Crippen LogP contribution in [-0.4, -0.2) is 39.6 Å². The third-order valence-corrected chi connectivity index (χ3v) is 2.65. The minimum atomic E-state index is -0.685. The molecule has 6 heteroatoms. The number of nitrogens with one attached hydrogen (secondary N) is 1. The fraction of sp³-hybridized carbons (Fsp3) is 0.500. The average molecular weight is 221 g/mol. The van der Waals surface area contributed by atoms with Gasteiger partial charge < -0.3 is 15.7 Å². The maximum absolute atomic E-state index is 9.84. The third-order valence-electron chi connectivity index (χ3n) is 2.65. The lowest BCUT2D eigenvalue weighted by molar-refractivity contribution is 0.0838. The molecule has 0 amide bonds. The van der Waals surface area contributed by atoms with E-state index in [1.165, 1.54) is 0 Å². The van der Waals surface area contributed by atoms with E-state index < -0.39 is 5.60 Å². The summed E-state index contributed by atoms with van der Waals surface area (Å²) in [6, 6.07) is 1.60. The molecular weight excluding hydrogens is 206 g/mol. The Kier molecular flexibility index (Phi) is 2.51. The molecule has 0 radical (unpaired) electrons. The Morgan fingerprint density at radius 1 is 1.69 bits per heavy atom. The summed E-state index contributed by atoms with van der Waals surface area (Å²) >= 11 is 0. The number of hydrogen-bond acceptors (Lipinski definition) is 5. The molecule has 1 aliphatic heterocycles. The first-order valence-corrected chi connectivity index (χ1v) is 5.13. The fourth-order valence-electron chi connectivity index (χ4n) is 1.77. The molecule has 4 N–H and O–H groups in total. The van der Waals surface area contributed by atoms with Crippen molar-refractivity contribution in [2.75, 3.05) is 18.0 Å². The highest BCUT2D eigenvalue weighted by atomic mass is 16.3. The predicted molar refractivity (Wildman–Crippen MR) is 60.5 cm³/mol. The Hall–Kier alpha value is -1.69. The normalized spacial score (nSPS) is 24.8. The van der Waals surface area contributed by atoms with Crippen LogP contribution in [-0.2, 0) is 0 Å². The lowest BCUT2D eigenvalue weighted by atomic mass is 10.1. The fourth-order valence-corrected chi connectivity index (χ4v) is 1.77. The van der Waals surface area contributed by atoms with Crippen molar-refractivity contribution in [3.8, 4) is 0 Å². The first-order chi connectivity index (χ1) is 7.48. The molecule has 0 saturated carbocycles. The van der Waals surface area contributed by atoms with E-state index in [2.05, 4.69) is 9.97 Å². The molecule has 1 aromatic heterocycles. The molecule has 1 aliphatic rings. The van der Waals surface area contributed by atoms with Crippen LogP contribution in [0, 0.1) is 5.41 Å². The van der Waals surface area contributed by atoms with Gasteiger partial charge in [0.2, 0.25) is 5.95 Å². The van der Waals surface area contributed by atoms with E-state index >= 15 is 0 Å². The van der Waals surface area contributed by atoms with Crippen LogP contribution in [0.15, 0.2) is 12.3 Å². The third kappa shape index (κ3) is 2.11. The zero-order chi connectivity index (χ0) is 11.8. The molecule has 1 fully saturated rings. The monoisotopic (exact) mass is 221 g/mol. The van der Waals surface area contributed by atoms with Gasteiger partial charge in [-0.05, 0) is 19.4 Å². The number of anilines is 1. The molecule has 2 heterocycles. The molecule has 6 nitrogen and oxygen atoms in total. The van der Waals surface area contributed by atoms with Gasteiger partial charge >= 0.3 is 0 Å². The van der Waals surface area contributed by atoms with Crippen LogP contribution in [0.25, 0.3) is 0 Å². The molecule has 86 valence electrons. The van der Waals surface area contributed by atoms with Crippen LogP contribution in [0.3, 0.4) is 0 Å². The summed E-state index contributed by atoms with van der Waals surface area (Å²) in [5.74, 6) is 0.445. The molecule has 1 atom stereocenters. The van der Waals surface area contributed by atoms with E-state index in [4.69, 9.17) is 11.1 Å². The lowest BCUT2D eigenvalue weighted by Crippen LogP contribution is -2.30. The number of nitrogens with two attached hydrogens (primary N) is 1. The first-order valence-electron chi connectivity index (χ1n) is 5.13. The number of rotatable bonds is 2. The zero-order valence-electron chi connectivity index (χ0n) is 9.14. The molecule has 2 rings (SSSR count). The van der Waals surface area contributed by atoms with Gasteiger partial charge in [-0.1, -0.05) is 0 Å². The second-order valence-electron chi connectivity index (χ2n) is 4.32. The molecular formula is C10H15N5O. The first kappa shape index (κ1) is 10.8. The Labute approximate surface area is 93.6 Å². The summed E-state index contributed by atoms with van der Waals surface area (Å²) in [5, 5.41) is 17.1. The SMILES string of the molecule is CC1(O)CCN(c2nccc(C(=N)N)n2)C1. The van der Waals surface area contributed by atoms with Gasteiger partial charge in [-0.3, -0.25) is 5.41 Å². The minimum absolute atomic E-state index is 0.0744. The zero-order valence-corrected chi connectivity index (χ0v) is 9.14. The van der Waals surface area contributed by atoms with Gasteiger partial charge in [0.15, 0.2) is 0 Å².